The number of carbonyl (C=O) groups is 1. The smallest absolute Gasteiger partial charge is 0.252 e. The lowest BCUT2D eigenvalue weighted by Crippen LogP contribution is -2.09. The summed E-state index contributed by atoms with van der Waals surface area (Å²) < 4.78 is 10.5. The first-order valence-corrected chi connectivity index (χ1v) is 5.53. The van der Waals surface area contributed by atoms with Crippen molar-refractivity contribution >= 4 is 32.8 Å². The van der Waals surface area contributed by atoms with Gasteiger partial charge >= 0.3 is 0 Å². The first kappa shape index (κ1) is 11.2. The zero-order valence-electron chi connectivity index (χ0n) is 8.57. The lowest BCUT2D eigenvalue weighted by atomic mass is 10.1. The molecule has 2 aromatic rings. The molecule has 0 radical (unpaired) electrons. The molecule has 4 nitrogen and oxygen atoms in total. The van der Waals surface area contributed by atoms with E-state index in [-0.39, 0.29) is 5.01 Å². The summed E-state index contributed by atoms with van der Waals surface area (Å²) in [6, 6.07) is 5.48. The van der Waals surface area contributed by atoms with Gasteiger partial charge in [0.2, 0.25) is 0 Å². The molecule has 2 N–H and O–H groups in total. The zero-order valence-corrected chi connectivity index (χ0v) is 10.2. The SMILES string of the molecule is COC(Br)c1cccc2c(C(N)=O)coc12. The van der Waals surface area contributed by atoms with Crippen LogP contribution in [0.4, 0.5) is 0 Å². The van der Waals surface area contributed by atoms with Gasteiger partial charge in [0.05, 0.1) is 5.56 Å². The zero-order chi connectivity index (χ0) is 11.7. The third-order valence-corrected chi connectivity index (χ3v) is 3.21. The molecule has 1 aromatic heterocycles. The number of hydrogen-bond acceptors (Lipinski definition) is 3. The van der Waals surface area contributed by atoms with Gasteiger partial charge in [0, 0.05) is 18.1 Å². The van der Waals surface area contributed by atoms with Crippen molar-refractivity contribution in [2.45, 2.75) is 5.01 Å². The maximum Gasteiger partial charge on any atom is 0.252 e. The molecule has 0 fully saturated rings. The number of alkyl halides is 1. The van der Waals surface area contributed by atoms with Gasteiger partial charge < -0.3 is 14.9 Å². The minimum Gasteiger partial charge on any atom is -0.463 e. The van der Waals surface area contributed by atoms with E-state index in [9.17, 15) is 4.79 Å². The first-order chi connectivity index (χ1) is 7.65. The molecule has 0 aliphatic rings. The number of fused-ring (bicyclic) bond motifs is 1. The standard InChI is InChI=1S/C11H10BrNO3/c1-15-10(12)7-4-2-3-6-8(11(13)14)5-16-9(6)7/h2-5,10H,1H3,(H2,13,14). The van der Waals surface area contributed by atoms with Crippen molar-refractivity contribution in [1.29, 1.82) is 0 Å². The Morgan fingerprint density at radius 2 is 2.31 bits per heavy atom. The van der Waals surface area contributed by atoms with Crippen molar-refractivity contribution in [2.75, 3.05) is 7.11 Å². The predicted molar refractivity (Wildman–Crippen MR) is 63.4 cm³/mol. The van der Waals surface area contributed by atoms with Crippen LogP contribution < -0.4 is 5.73 Å². The Hall–Kier alpha value is -1.33. The molecule has 0 saturated heterocycles. The van der Waals surface area contributed by atoms with Crippen LogP contribution in [0.2, 0.25) is 0 Å². The normalized spacial score (nSPS) is 12.9. The van der Waals surface area contributed by atoms with Crippen molar-refractivity contribution in [1.82, 2.24) is 0 Å². The number of amides is 1. The molecular formula is C11H10BrNO3. The summed E-state index contributed by atoms with van der Waals surface area (Å²) in [5, 5.41) is 0.426. The second-order valence-electron chi connectivity index (χ2n) is 3.29. The van der Waals surface area contributed by atoms with Gasteiger partial charge in [0.15, 0.2) is 0 Å². The second-order valence-corrected chi connectivity index (χ2v) is 4.12. The Morgan fingerprint density at radius 1 is 1.56 bits per heavy atom. The van der Waals surface area contributed by atoms with E-state index in [1.165, 1.54) is 6.26 Å². The highest BCUT2D eigenvalue weighted by Gasteiger charge is 2.17. The summed E-state index contributed by atoms with van der Waals surface area (Å²) in [6.45, 7) is 0. The lowest BCUT2D eigenvalue weighted by molar-refractivity contribution is 0.100. The van der Waals surface area contributed by atoms with E-state index in [1.54, 1.807) is 13.2 Å². The quantitative estimate of drug-likeness (QED) is 0.881. The Morgan fingerprint density at radius 3 is 2.94 bits per heavy atom. The molecule has 0 saturated carbocycles. The Kier molecular flexibility index (Phi) is 2.98. The largest absolute Gasteiger partial charge is 0.463 e. The van der Waals surface area contributed by atoms with Crippen LogP contribution in [0.15, 0.2) is 28.9 Å². The number of hydrogen-bond donors (Lipinski definition) is 1. The monoisotopic (exact) mass is 283 g/mol. The van der Waals surface area contributed by atoms with E-state index in [0.717, 1.165) is 5.56 Å². The van der Waals surface area contributed by atoms with E-state index in [4.69, 9.17) is 14.9 Å². The molecular weight excluding hydrogens is 274 g/mol. The van der Waals surface area contributed by atoms with E-state index >= 15 is 0 Å². The number of benzene rings is 1. The average molecular weight is 284 g/mol. The van der Waals surface area contributed by atoms with Crippen LogP contribution in [0, 0.1) is 0 Å². The average Bonchev–Trinajstić information content (AvgIpc) is 2.71. The summed E-state index contributed by atoms with van der Waals surface area (Å²) in [5.41, 5.74) is 7.06. The van der Waals surface area contributed by atoms with E-state index in [2.05, 4.69) is 15.9 Å². The molecule has 0 spiro atoms. The van der Waals surface area contributed by atoms with Crippen LogP contribution in [-0.2, 0) is 4.74 Å². The fourth-order valence-corrected chi connectivity index (χ4v) is 1.94. The molecule has 1 heterocycles. The van der Waals surface area contributed by atoms with Gasteiger partial charge in [0.1, 0.15) is 16.9 Å². The van der Waals surface area contributed by atoms with Gasteiger partial charge in [0.25, 0.3) is 5.91 Å². The fourth-order valence-electron chi connectivity index (χ4n) is 1.58. The van der Waals surface area contributed by atoms with Gasteiger partial charge in [-0.2, -0.15) is 0 Å². The fraction of sp³-hybridized carbons (Fsp3) is 0.182. The second kappa shape index (κ2) is 4.27. The number of primary amides is 1. The van der Waals surface area contributed by atoms with Gasteiger partial charge in [-0.15, -0.1) is 0 Å². The summed E-state index contributed by atoms with van der Waals surface area (Å²) in [6.07, 6.45) is 1.37. The van der Waals surface area contributed by atoms with Crippen LogP contribution in [0.25, 0.3) is 11.0 Å². The topological polar surface area (TPSA) is 65.5 Å². The number of para-hydroxylation sites is 1. The maximum absolute atomic E-state index is 11.1. The van der Waals surface area contributed by atoms with Gasteiger partial charge in [-0.25, -0.2) is 0 Å². The van der Waals surface area contributed by atoms with Crippen molar-refractivity contribution < 1.29 is 13.9 Å². The van der Waals surface area contributed by atoms with Crippen molar-refractivity contribution in [3.8, 4) is 0 Å². The summed E-state index contributed by atoms with van der Waals surface area (Å²) >= 11 is 3.35. The van der Waals surface area contributed by atoms with E-state index in [0.29, 0.717) is 16.5 Å². The highest BCUT2D eigenvalue weighted by Crippen LogP contribution is 2.32. The van der Waals surface area contributed by atoms with Gasteiger partial charge in [-0.3, -0.25) is 4.79 Å². The van der Waals surface area contributed by atoms with Crippen molar-refractivity contribution in [3.05, 3.63) is 35.6 Å². The number of methoxy groups -OCH3 is 1. The Labute approximate surface area is 100 Å². The van der Waals surface area contributed by atoms with Crippen molar-refractivity contribution in [2.24, 2.45) is 5.73 Å². The van der Waals surface area contributed by atoms with Crippen LogP contribution >= 0.6 is 15.9 Å². The van der Waals surface area contributed by atoms with Gasteiger partial charge in [-0.1, -0.05) is 34.1 Å². The molecule has 1 aromatic carbocycles. The van der Waals surface area contributed by atoms with Gasteiger partial charge in [-0.05, 0) is 0 Å². The number of furan rings is 1. The first-order valence-electron chi connectivity index (χ1n) is 4.62. The number of carbonyl (C=O) groups excluding carboxylic acids is 1. The number of rotatable bonds is 3. The third kappa shape index (κ3) is 1.72. The molecule has 16 heavy (non-hydrogen) atoms. The molecule has 2 rings (SSSR count). The molecule has 1 unspecified atom stereocenters. The predicted octanol–water partition coefficient (Wildman–Crippen LogP) is 2.57. The molecule has 5 heteroatoms. The Bertz CT molecular complexity index is 535. The van der Waals surface area contributed by atoms with Crippen LogP contribution in [0.5, 0.6) is 0 Å². The van der Waals surface area contributed by atoms with Crippen LogP contribution in [0.1, 0.15) is 20.9 Å². The number of nitrogens with two attached hydrogens (primary N) is 1. The lowest BCUT2D eigenvalue weighted by Gasteiger charge is -2.07. The minimum atomic E-state index is -0.501. The minimum absolute atomic E-state index is 0.275. The molecule has 0 aliphatic carbocycles. The van der Waals surface area contributed by atoms with E-state index in [1.807, 2.05) is 12.1 Å². The number of halogens is 1. The Balaban J connectivity index is 2.66. The third-order valence-electron chi connectivity index (χ3n) is 2.35. The molecule has 1 amide bonds. The molecule has 1 atom stereocenters. The van der Waals surface area contributed by atoms with Crippen molar-refractivity contribution in [3.63, 3.8) is 0 Å². The molecule has 0 bridgehead atoms. The van der Waals surface area contributed by atoms with Crippen LogP contribution in [0.3, 0.4) is 0 Å². The summed E-state index contributed by atoms with van der Waals surface area (Å²) in [4.78, 5) is 11.1. The highest BCUT2D eigenvalue weighted by molar-refractivity contribution is 9.09. The maximum atomic E-state index is 11.1. The molecule has 0 aliphatic heterocycles. The molecule has 84 valence electrons. The highest BCUT2D eigenvalue weighted by atomic mass is 79.9. The van der Waals surface area contributed by atoms with E-state index < -0.39 is 5.91 Å². The summed E-state index contributed by atoms with van der Waals surface area (Å²) in [7, 11) is 1.58. The number of ether oxygens (including phenoxy) is 1. The summed E-state index contributed by atoms with van der Waals surface area (Å²) in [5.74, 6) is -0.501. The van der Waals surface area contributed by atoms with Crippen LogP contribution in [-0.4, -0.2) is 13.0 Å².